The van der Waals surface area contributed by atoms with Gasteiger partial charge in [-0.3, -0.25) is 9.11 Å². The smallest absolute Gasteiger partial charge is 0.198 e. The summed E-state index contributed by atoms with van der Waals surface area (Å²) in [5, 5.41) is 8.76. The maximum Gasteiger partial charge on any atom is 0.198 e. The van der Waals surface area contributed by atoms with E-state index in [0.29, 0.717) is 12.0 Å². The van der Waals surface area contributed by atoms with Gasteiger partial charge in [-0.1, -0.05) is 26.0 Å². The van der Waals surface area contributed by atoms with E-state index in [1.807, 2.05) is 49.6 Å². The van der Waals surface area contributed by atoms with Crippen molar-refractivity contribution >= 4 is 55.4 Å². The molecule has 0 aliphatic carbocycles. The van der Waals surface area contributed by atoms with Gasteiger partial charge in [0.2, 0.25) is 0 Å². The predicted molar refractivity (Wildman–Crippen MR) is 187 cm³/mol. The maximum atomic E-state index is 13.4. The van der Waals surface area contributed by atoms with Crippen LogP contribution in [0.2, 0.25) is 0 Å². The number of likely N-dealkylation sites (N-methyl/N-ethyl adjacent to an activating group) is 1. The molecule has 0 spiro atoms. The highest BCUT2D eigenvalue weighted by Gasteiger charge is 2.27. The summed E-state index contributed by atoms with van der Waals surface area (Å²) in [6.07, 6.45) is 2.44. The zero-order chi connectivity index (χ0) is 30.6. The molecule has 4 N–H and O–H groups in total. The van der Waals surface area contributed by atoms with E-state index in [2.05, 4.69) is 69.4 Å². The third-order valence-electron chi connectivity index (χ3n) is 8.72. The number of hydrogen-bond donors (Lipinski definition) is 3. The summed E-state index contributed by atoms with van der Waals surface area (Å²) in [5.41, 5.74) is 10.2. The molecule has 3 heterocycles. The molecule has 2 atom stereocenters. The van der Waals surface area contributed by atoms with Crippen LogP contribution in [0, 0.1) is 0 Å². The Labute approximate surface area is 262 Å². The van der Waals surface area contributed by atoms with E-state index in [-0.39, 0.29) is 11.3 Å². The summed E-state index contributed by atoms with van der Waals surface area (Å²) in [7, 11) is -0.210. The Hall–Kier alpha value is -3.05. The molecule has 0 amide bonds. The number of aliphatic imine (C=N–C) groups is 1. The number of nitrogens with two attached hydrogens (primary N) is 1. The van der Waals surface area contributed by atoms with Gasteiger partial charge in [0.05, 0.1) is 27.2 Å². The Morgan fingerprint density at radius 2 is 1.67 bits per heavy atom. The van der Waals surface area contributed by atoms with Crippen LogP contribution >= 0.6 is 11.3 Å². The van der Waals surface area contributed by atoms with Gasteiger partial charge < -0.3 is 26.2 Å². The second kappa shape index (κ2) is 13.7. The fourth-order valence-electron chi connectivity index (χ4n) is 5.91. The molecule has 5 rings (SSSR count). The van der Waals surface area contributed by atoms with Crippen LogP contribution in [0.1, 0.15) is 44.5 Å². The predicted octanol–water partition coefficient (Wildman–Crippen LogP) is 5.68. The number of piperidine rings is 1. The van der Waals surface area contributed by atoms with Gasteiger partial charge >= 0.3 is 0 Å². The number of anilines is 3. The van der Waals surface area contributed by atoms with Crippen LogP contribution in [0.4, 0.5) is 22.7 Å². The van der Waals surface area contributed by atoms with Gasteiger partial charge in [0.15, 0.2) is 5.96 Å². The molecule has 8 nitrogen and oxygen atoms in total. The van der Waals surface area contributed by atoms with E-state index in [1.54, 1.807) is 11.3 Å². The first-order valence-corrected chi connectivity index (χ1v) is 18.0. The fourth-order valence-corrected chi connectivity index (χ4v) is 8.06. The zero-order valence-corrected chi connectivity index (χ0v) is 27.6. The molecular weight excluding hydrogens is 575 g/mol. The number of benzene rings is 2. The lowest BCUT2D eigenvalue weighted by Gasteiger charge is -2.42. The molecule has 2 aliphatic heterocycles. The summed E-state index contributed by atoms with van der Waals surface area (Å²) >= 11 is 1.62. The van der Waals surface area contributed by atoms with Crippen LogP contribution in [0.25, 0.3) is 0 Å². The van der Waals surface area contributed by atoms with Crippen LogP contribution < -0.4 is 21.3 Å². The second-order valence-electron chi connectivity index (χ2n) is 12.0. The monoisotopic (exact) mass is 621 g/mol. The summed E-state index contributed by atoms with van der Waals surface area (Å²) in [4.78, 5) is 14.1. The van der Waals surface area contributed by atoms with E-state index >= 15 is 0 Å². The highest BCUT2D eigenvalue weighted by atomic mass is 32.2. The van der Waals surface area contributed by atoms with Crippen molar-refractivity contribution in [3.63, 3.8) is 0 Å². The number of rotatable bonds is 9. The normalized spacial score (nSPS) is 19.7. The molecule has 3 aromatic rings. The van der Waals surface area contributed by atoms with Gasteiger partial charge in [0.25, 0.3) is 0 Å². The minimum absolute atomic E-state index is 0.0604. The van der Waals surface area contributed by atoms with Crippen LogP contribution in [-0.2, 0) is 9.52 Å². The lowest BCUT2D eigenvalue weighted by Crippen LogP contribution is -2.52. The van der Waals surface area contributed by atoms with E-state index in [0.717, 1.165) is 39.9 Å². The quantitative estimate of drug-likeness (QED) is 0.161. The van der Waals surface area contributed by atoms with Crippen LogP contribution in [-0.4, -0.2) is 83.4 Å². The summed E-state index contributed by atoms with van der Waals surface area (Å²) in [5.74, 6) is 4.40. The highest BCUT2D eigenvalue weighted by Crippen LogP contribution is 2.35. The molecular formula is C33H47N7OS2. The minimum Gasteiger partial charge on any atom is -0.377 e. The first-order valence-electron chi connectivity index (χ1n) is 15.3. The number of piperazine rings is 1. The fraction of sp³-hybridized carbons (Fsp3) is 0.455. The molecule has 2 saturated heterocycles. The number of para-hydroxylation sites is 1. The molecule has 10 heteroatoms. The number of hydrogen-bond acceptors (Lipinski definition) is 7. The third kappa shape index (κ3) is 7.55. The van der Waals surface area contributed by atoms with Gasteiger partial charge in [0.1, 0.15) is 0 Å². The van der Waals surface area contributed by atoms with Gasteiger partial charge in [0, 0.05) is 71.5 Å². The summed E-state index contributed by atoms with van der Waals surface area (Å²) in [6.45, 7) is 12.9. The van der Waals surface area contributed by atoms with E-state index in [9.17, 15) is 4.21 Å². The Morgan fingerprint density at radius 1 is 1.00 bits per heavy atom. The molecule has 2 aromatic carbocycles. The molecule has 0 radical (unpaired) electrons. The van der Waals surface area contributed by atoms with Crippen LogP contribution in [0.3, 0.4) is 0 Å². The standard InChI is InChI=1S/C33H47N7OS2/c1-24(2)43(5,41)31-9-7-6-8-29(31)35-25(3)32-30(16-23-42-32)37-33(34)36-26-10-12-27(13-11-26)39-17-14-28(15-18-39)40-21-19-38(4)20-22-40/h6-13,16,23-25,28,35H,5,14-15,17-22H2,1-4H3,(H3,34,36,37). The van der Waals surface area contributed by atoms with Gasteiger partial charge in [-0.05, 0) is 80.5 Å². The number of nitrogens with one attached hydrogen (secondary N) is 2. The Bertz CT molecular complexity index is 1480. The van der Waals surface area contributed by atoms with Crippen LogP contribution in [0.15, 0.2) is 69.9 Å². The van der Waals surface area contributed by atoms with E-state index in [4.69, 9.17) is 10.7 Å². The Balaban J connectivity index is 1.18. The number of guanidine groups is 1. The van der Waals surface area contributed by atoms with Crippen molar-refractivity contribution in [1.29, 1.82) is 0 Å². The van der Waals surface area contributed by atoms with Gasteiger partial charge in [-0.15, -0.1) is 11.3 Å². The van der Waals surface area contributed by atoms with Crippen molar-refractivity contribution < 1.29 is 4.21 Å². The maximum absolute atomic E-state index is 13.4. The van der Waals surface area contributed by atoms with Crippen molar-refractivity contribution in [1.82, 2.24) is 9.80 Å². The summed E-state index contributed by atoms with van der Waals surface area (Å²) in [6, 6.07) is 18.8. The second-order valence-corrected chi connectivity index (χ2v) is 15.8. The molecule has 0 saturated carbocycles. The highest BCUT2D eigenvalue weighted by molar-refractivity contribution is 8.01. The topological polar surface area (TPSA) is 89.2 Å². The van der Waals surface area contributed by atoms with Crippen LogP contribution in [0.5, 0.6) is 0 Å². The molecule has 2 aliphatic rings. The first-order chi connectivity index (χ1) is 20.6. The SMILES string of the molecule is C=S(=O)(c1ccccc1NC(C)c1sccc1N=C(N)Nc1ccc(N2CCC(N3CCN(C)CC3)CC2)cc1)C(C)C. The average molecular weight is 622 g/mol. The van der Waals surface area contributed by atoms with Crippen molar-refractivity contribution in [3.8, 4) is 0 Å². The van der Waals surface area contributed by atoms with Gasteiger partial charge in [-0.25, -0.2) is 4.99 Å². The number of thiophene rings is 1. The minimum atomic E-state index is -2.43. The molecule has 1 aromatic heterocycles. The van der Waals surface area contributed by atoms with Gasteiger partial charge in [-0.2, -0.15) is 0 Å². The van der Waals surface area contributed by atoms with Crippen molar-refractivity contribution in [2.45, 2.75) is 55.8 Å². The lowest BCUT2D eigenvalue weighted by atomic mass is 10.0. The third-order valence-corrected chi connectivity index (χ3v) is 12.4. The first kappa shape index (κ1) is 31.4. The molecule has 43 heavy (non-hydrogen) atoms. The lowest BCUT2D eigenvalue weighted by molar-refractivity contribution is 0.0982. The van der Waals surface area contributed by atoms with E-state index < -0.39 is 9.52 Å². The molecule has 2 unspecified atom stereocenters. The average Bonchev–Trinajstić information content (AvgIpc) is 3.46. The molecule has 232 valence electrons. The summed E-state index contributed by atoms with van der Waals surface area (Å²) < 4.78 is 13.4. The Kier molecular flexibility index (Phi) is 10.0. The van der Waals surface area contributed by atoms with E-state index in [1.165, 1.54) is 44.7 Å². The van der Waals surface area contributed by atoms with Crippen molar-refractivity contribution in [2.75, 3.05) is 61.8 Å². The Morgan fingerprint density at radius 3 is 2.35 bits per heavy atom. The van der Waals surface area contributed by atoms with Crippen molar-refractivity contribution in [2.24, 2.45) is 10.7 Å². The number of nitrogens with zero attached hydrogens (tertiary/aromatic N) is 4. The molecule has 2 fully saturated rings. The zero-order valence-electron chi connectivity index (χ0n) is 26.0. The van der Waals surface area contributed by atoms with Crippen molar-refractivity contribution in [3.05, 3.63) is 64.9 Å². The molecule has 0 bridgehead atoms. The largest absolute Gasteiger partial charge is 0.377 e.